The Morgan fingerprint density at radius 1 is 1.07 bits per heavy atom. The van der Waals surface area contributed by atoms with Crippen LogP contribution in [-0.4, -0.2) is 26.6 Å². The van der Waals surface area contributed by atoms with Gasteiger partial charge in [-0.15, -0.1) is 0 Å². The Bertz CT molecular complexity index is 927. The highest BCUT2D eigenvalue weighted by molar-refractivity contribution is 7.92. The van der Waals surface area contributed by atoms with Gasteiger partial charge in [-0.05, 0) is 60.7 Å². The summed E-state index contributed by atoms with van der Waals surface area (Å²) in [4.78, 5) is 12.8. The van der Waals surface area contributed by atoms with Crippen molar-refractivity contribution in [2.75, 3.05) is 10.6 Å². The molecule has 0 aliphatic carbocycles. The first kappa shape index (κ1) is 22.2. The van der Waals surface area contributed by atoms with E-state index in [0.29, 0.717) is 17.3 Å². The molecule has 0 bridgehead atoms. The van der Waals surface area contributed by atoms with Gasteiger partial charge in [-0.2, -0.15) is 0 Å². The third-order valence-corrected chi connectivity index (χ3v) is 6.18. The second-order valence-corrected chi connectivity index (χ2v) is 9.04. The number of carbonyl (C=O) groups is 1. The third-order valence-electron chi connectivity index (χ3n) is 4.68. The molecule has 7 heteroatoms. The van der Waals surface area contributed by atoms with Gasteiger partial charge in [-0.3, -0.25) is 9.10 Å². The van der Waals surface area contributed by atoms with E-state index in [0.717, 1.165) is 29.0 Å². The molecule has 2 aromatic rings. The summed E-state index contributed by atoms with van der Waals surface area (Å²) in [6, 6.07) is 11.8. The number of aryl methyl sites for hydroxylation is 2. The average Bonchev–Trinajstić information content (AvgIpc) is 2.66. The molecule has 0 saturated heterocycles. The number of halogens is 1. The van der Waals surface area contributed by atoms with E-state index in [2.05, 4.69) is 37.4 Å². The van der Waals surface area contributed by atoms with Crippen LogP contribution in [-0.2, 0) is 34.2 Å². The molecule has 0 aliphatic heterocycles. The number of hydrogen-bond donors (Lipinski definition) is 1. The quantitative estimate of drug-likeness (QED) is 0.700. The van der Waals surface area contributed by atoms with Crippen LogP contribution < -0.4 is 9.62 Å². The normalized spacial score (nSPS) is 12.5. The molecule has 0 spiro atoms. The predicted octanol–water partition coefficient (Wildman–Crippen LogP) is 3.94. The van der Waals surface area contributed by atoms with E-state index in [1.165, 1.54) is 11.1 Å². The Kier molecular flexibility index (Phi) is 7.49. The Hall–Kier alpha value is -2.05. The standard InChI is InChI=1S/C21H27ClN2O3S/c1-5-16-7-8-17(6-2)18(13-16)14-23-21(25)15(3)24(28(4,26)27)20-11-9-19(22)10-12-20/h7-13,15H,5-6,14H2,1-4H3,(H,23,25). The third kappa shape index (κ3) is 5.49. The fraction of sp³-hybridized carbons (Fsp3) is 0.381. The maximum absolute atomic E-state index is 12.8. The van der Waals surface area contributed by atoms with Crippen LogP contribution >= 0.6 is 11.6 Å². The van der Waals surface area contributed by atoms with Crippen LogP contribution in [0.1, 0.15) is 37.5 Å². The number of benzene rings is 2. The molecule has 1 unspecified atom stereocenters. The summed E-state index contributed by atoms with van der Waals surface area (Å²) in [6.45, 7) is 6.09. The Labute approximate surface area is 172 Å². The summed E-state index contributed by atoms with van der Waals surface area (Å²) in [7, 11) is -3.65. The zero-order valence-corrected chi connectivity index (χ0v) is 18.3. The molecule has 0 heterocycles. The van der Waals surface area contributed by atoms with Crippen molar-refractivity contribution in [2.24, 2.45) is 0 Å². The van der Waals surface area contributed by atoms with Crippen LogP contribution in [0.5, 0.6) is 0 Å². The van der Waals surface area contributed by atoms with E-state index in [1.807, 2.05) is 0 Å². The summed E-state index contributed by atoms with van der Waals surface area (Å²) in [5, 5.41) is 3.38. The van der Waals surface area contributed by atoms with Gasteiger partial charge in [-0.1, -0.05) is 43.6 Å². The molecule has 1 N–H and O–H groups in total. The summed E-state index contributed by atoms with van der Waals surface area (Å²) < 4.78 is 25.8. The minimum atomic E-state index is -3.65. The van der Waals surface area contributed by atoms with Gasteiger partial charge in [0.2, 0.25) is 15.9 Å². The summed E-state index contributed by atoms with van der Waals surface area (Å²) in [5.74, 6) is -0.357. The SMILES string of the molecule is CCc1ccc(CC)c(CNC(=O)C(C)N(c2ccc(Cl)cc2)S(C)(=O)=O)c1. The molecule has 0 aromatic heterocycles. The van der Waals surface area contributed by atoms with E-state index >= 15 is 0 Å². The summed E-state index contributed by atoms with van der Waals surface area (Å²) in [6.07, 6.45) is 2.87. The predicted molar refractivity (Wildman–Crippen MR) is 115 cm³/mol. The number of carbonyl (C=O) groups excluding carboxylic acids is 1. The number of rotatable bonds is 8. The molecule has 0 fully saturated rings. The first-order valence-electron chi connectivity index (χ1n) is 9.30. The largest absolute Gasteiger partial charge is 0.350 e. The van der Waals surface area contributed by atoms with Crippen molar-refractivity contribution in [1.29, 1.82) is 0 Å². The summed E-state index contributed by atoms with van der Waals surface area (Å²) in [5.41, 5.74) is 3.83. The van der Waals surface area contributed by atoms with E-state index in [9.17, 15) is 13.2 Å². The maximum atomic E-state index is 12.8. The lowest BCUT2D eigenvalue weighted by Gasteiger charge is -2.28. The molecular formula is C21H27ClN2O3S. The molecule has 1 atom stereocenters. The summed E-state index contributed by atoms with van der Waals surface area (Å²) >= 11 is 5.90. The zero-order chi connectivity index (χ0) is 20.9. The van der Waals surface area contributed by atoms with Crippen LogP contribution in [0.4, 0.5) is 5.69 Å². The molecule has 5 nitrogen and oxygen atoms in total. The molecule has 152 valence electrons. The van der Waals surface area contributed by atoms with Gasteiger partial charge in [0.1, 0.15) is 6.04 Å². The number of hydrogen-bond acceptors (Lipinski definition) is 3. The Balaban J connectivity index is 2.21. The fourth-order valence-corrected chi connectivity index (χ4v) is 4.44. The van der Waals surface area contributed by atoms with Gasteiger partial charge in [-0.25, -0.2) is 8.42 Å². The van der Waals surface area contributed by atoms with Gasteiger partial charge in [0.15, 0.2) is 0 Å². The fourth-order valence-electron chi connectivity index (χ4n) is 3.14. The minimum Gasteiger partial charge on any atom is -0.350 e. The lowest BCUT2D eigenvalue weighted by molar-refractivity contribution is -0.122. The number of anilines is 1. The van der Waals surface area contributed by atoms with Crippen molar-refractivity contribution >= 4 is 33.2 Å². The number of amides is 1. The number of nitrogens with one attached hydrogen (secondary N) is 1. The van der Waals surface area contributed by atoms with E-state index in [-0.39, 0.29) is 5.91 Å². The van der Waals surface area contributed by atoms with Crippen molar-refractivity contribution in [3.8, 4) is 0 Å². The zero-order valence-electron chi connectivity index (χ0n) is 16.7. The first-order chi connectivity index (χ1) is 13.2. The Morgan fingerprint density at radius 3 is 2.25 bits per heavy atom. The van der Waals surface area contributed by atoms with Crippen molar-refractivity contribution in [1.82, 2.24) is 5.32 Å². The number of nitrogens with zero attached hydrogens (tertiary/aromatic N) is 1. The van der Waals surface area contributed by atoms with Crippen molar-refractivity contribution < 1.29 is 13.2 Å². The molecule has 2 rings (SSSR count). The molecule has 0 aliphatic rings. The van der Waals surface area contributed by atoms with Gasteiger partial charge in [0.25, 0.3) is 0 Å². The van der Waals surface area contributed by atoms with Crippen LogP contribution in [0.2, 0.25) is 5.02 Å². The van der Waals surface area contributed by atoms with Crippen LogP contribution in [0.25, 0.3) is 0 Å². The first-order valence-corrected chi connectivity index (χ1v) is 11.5. The second kappa shape index (κ2) is 9.43. The average molecular weight is 423 g/mol. The highest BCUT2D eigenvalue weighted by Gasteiger charge is 2.29. The highest BCUT2D eigenvalue weighted by Crippen LogP contribution is 2.23. The molecular weight excluding hydrogens is 396 g/mol. The van der Waals surface area contributed by atoms with Gasteiger partial charge >= 0.3 is 0 Å². The molecule has 0 radical (unpaired) electrons. The van der Waals surface area contributed by atoms with E-state index in [1.54, 1.807) is 31.2 Å². The monoisotopic (exact) mass is 422 g/mol. The van der Waals surface area contributed by atoms with Crippen molar-refractivity contribution in [3.05, 3.63) is 64.2 Å². The van der Waals surface area contributed by atoms with E-state index in [4.69, 9.17) is 11.6 Å². The maximum Gasteiger partial charge on any atom is 0.243 e. The van der Waals surface area contributed by atoms with Crippen LogP contribution in [0.3, 0.4) is 0 Å². The Morgan fingerprint density at radius 2 is 1.71 bits per heavy atom. The minimum absolute atomic E-state index is 0.357. The van der Waals surface area contributed by atoms with Crippen LogP contribution in [0, 0.1) is 0 Å². The van der Waals surface area contributed by atoms with Crippen LogP contribution in [0.15, 0.2) is 42.5 Å². The van der Waals surface area contributed by atoms with E-state index < -0.39 is 16.1 Å². The van der Waals surface area contributed by atoms with Gasteiger partial charge < -0.3 is 5.32 Å². The van der Waals surface area contributed by atoms with Gasteiger partial charge in [0, 0.05) is 11.6 Å². The second-order valence-electron chi connectivity index (χ2n) is 6.74. The molecule has 0 saturated carbocycles. The smallest absolute Gasteiger partial charge is 0.243 e. The van der Waals surface area contributed by atoms with Crippen molar-refractivity contribution in [3.63, 3.8) is 0 Å². The molecule has 2 aromatic carbocycles. The topological polar surface area (TPSA) is 66.5 Å². The lowest BCUT2D eigenvalue weighted by Crippen LogP contribution is -2.47. The van der Waals surface area contributed by atoms with Gasteiger partial charge in [0.05, 0.1) is 11.9 Å². The lowest BCUT2D eigenvalue weighted by atomic mass is 10.0. The highest BCUT2D eigenvalue weighted by atomic mass is 35.5. The van der Waals surface area contributed by atoms with Crippen molar-refractivity contribution in [2.45, 2.75) is 46.2 Å². The molecule has 1 amide bonds. The molecule has 28 heavy (non-hydrogen) atoms. The number of sulfonamides is 1.